The molecule has 30 heavy (non-hydrogen) atoms. The number of nitrogens with one attached hydrogen (secondary N) is 1. The number of hydrogen-bond donors (Lipinski definition) is 1. The largest absolute Gasteiger partial charge is 0.425 e. The minimum Gasteiger partial charge on any atom is -0.425 e. The molecule has 0 aliphatic carbocycles. The SMILES string of the molecule is Cn1c(=O)n(CC(=O)Oc2ccc(NC(=O)c3ccccc3)cc2)c2ccccc21. The Labute approximate surface area is 172 Å². The van der Waals surface area contributed by atoms with Crippen LogP contribution in [-0.4, -0.2) is 21.0 Å². The number of hydrogen-bond acceptors (Lipinski definition) is 4. The lowest BCUT2D eigenvalue weighted by Crippen LogP contribution is -2.27. The Hall–Kier alpha value is -4.13. The van der Waals surface area contributed by atoms with Crippen LogP contribution in [0.4, 0.5) is 5.69 Å². The first-order valence-corrected chi connectivity index (χ1v) is 9.34. The van der Waals surface area contributed by atoms with Gasteiger partial charge in [0.1, 0.15) is 12.3 Å². The summed E-state index contributed by atoms with van der Waals surface area (Å²) in [5.41, 5.74) is 2.25. The van der Waals surface area contributed by atoms with Crippen molar-refractivity contribution in [1.29, 1.82) is 0 Å². The van der Waals surface area contributed by atoms with Gasteiger partial charge in [-0.2, -0.15) is 0 Å². The van der Waals surface area contributed by atoms with Crippen LogP contribution in [-0.2, 0) is 18.4 Å². The summed E-state index contributed by atoms with van der Waals surface area (Å²) >= 11 is 0. The first-order chi connectivity index (χ1) is 14.5. The molecule has 0 radical (unpaired) electrons. The maximum Gasteiger partial charge on any atom is 0.331 e. The van der Waals surface area contributed by atoms with Gasteiger partial charge >= 0.3 is 11.7 Å². The summed E-state index contributed by atoms with van der Waals surface area (Å²) in [5, 5.41) is 2.78. The highest BCUT2D eigenvalue weighted by molar-refractivity contribution is 6.04. The van der Waals surface area contributed by atoms with Crippen molar-refractivity contribution in [1.82, 2.24) is 9.13 Å². The quantitative estimate of drug-likeness (QED) is 0.411. The molecule has 0 fully saturated rings. The van der Waals surface area contributed by atoms with Crippen molar-refractivity contribution < 1.29 is 14.3 Å². The van der Waals surface area contributed by atoms with Gasteiger partial charge in [0.05, 0.1) is 11.0 Å². The number of imidazole rings is 1. The number of carbonyl (C=O) groups excluding carboxylic acids is 2. The number of para-hydroxylation sites is 2. The van der Waals surface area contributed by atoms with Gasteiger partial charge in [0.2, 0.25) is 0 Å². The average Bonchev–Trinajstić information content (AvgIpc) is 3.01. The summed E-state index contributed by atoms with van der Waals surface area (Å²) < 4.78 is 8.23. The van der Waals surface area contributed by atoms with Crippen LogP contribution in [0.3, 0.4) is 0 Å². The second-order valence-electron chi connectivity index (χ2n) is 6.74. The lowest BCUT2D eigenvalue weighted by molar-refractivity contribution is -0.135. The summed E-state index contributed by atoms with van der Waals surface area (Å²) in [4.78, 5) is 37.0. The third-order valence-electron chi connectivity index (χ3n) is 4.72. The number of amides is 1. The highest BCUT2D eigenvalue weighted by Crippen LogP contribution is 2.17. The molecule has 4 rings (SSSR count). The predicted octanol–water partition coefficient (Wildman–Crippen LogP) is 3.20. The topological polar surface area (TPSA) is 82.3 Å². The fourth-order valence-electron chi connectivity index (χ4n) is 3.21. The first kappa shape index (κ1) is 19.2. The van der Waals surface area contributed by atoms with Gasteiger partial charge in [-0.05, 0) is 48.5 Å². The van der Waals surface area contributed by atoms with Gasteiger partial charge in [0.25, 0.3) is 5.91 Å². The highest BCUT2D eigenvalue weighted by Gasteiger charge is 2.14. The predicted molar refractivity (Wildman–Crippen MR) is 114 cm³/mol. The van der Waals surface area contributed by atoms with Crippen molar-refractivity contribution in [3.63, 3.8) is 0 Å². The van der Waals surface area contributed by atoms with E-state index in [1.807, 2.05) is 24.3 Å². The minimum atomic E-state index is -0.561. The van der Waals surface area contributed by atoms with Crippen LogP contribution in [0.15, 0.2) is 83.7 Å². The van der Waals surface area contributed by atoms with E-state index >= 15 is 0 Å². The molecule has 0 aliphatic heterocycles. The van der Waals surface area contributed by atoms with E-state index in [0.29, 0.717) is 22.5 Å². The molecule has 0 spiro atoms. The molecule has 1 amide bonds. The van der Waals surface area contributed by atoms with Crippen molar-refractivity contribution in [3.05, 3.63) is 94.9 Å². The van der Waals surface area contributed by atoms with E-state index in [-0.39, 0.29) is 18.1 Å². The third kappa shape index (κ3) is 3.86. The Bertz CT molecular complexity index is 1270. The molecule has 7 heteroatoms. The second kappa shape index (κ2) is 8.08. The van der Waals surface area contributed by atoms with Gasteiger partial charge in [-0.15, -0.1) is 0 Å². The van der Waals surface area contributed by atoms with Gasteiger partial charge in [0.15, 0.2) is 0 Å². The van der Waals surface area contributed by atoms with Crippen molar-refractivity contribution >= 4 is 28.6 Å². The molecule has 0 saturated carbocycles. The van der Waals surface area contributed by atoms with E-state index < -0.39 is 5.97 Å². The van der Waals surface area contributed by atoms with Gasteiger partial charge in [-0.1, -0.05) is 30.3 Å². The van der Waals surface area contributed by atoms with E-state index in [2.05, 4.69) is 5.32 Å². The molecule has 7 nitrogen and oxygen atoms in total. The van der Waals surface area contributed by atoms with E-state index in [1.54, 1.807) is 61.6 Å². The van der Waals surface area contributed by atoms with E-state index in [9.17, 15) is 14.4 Å². The van der Waals surface area contributed by atoms with Crippen molar-refractivity contribution in [2.75, 3.05) is 5.32 Å². The van der Waals surface area contributed by atoms with Gasteiger partial charge in [-0.25, -0.2) is 9.59 Å². The van der Waals surface area contributed by atoms with Gasteiger partial charge in [-0.3, -0.25) is 13.9 Å². The monoisotopic (exact) mass is 401 g/mol. The summed E-state index contributed by atoms with van der Waals surface area (Å²) in [6, 6.07) is 22.6. The summed E-state index contributed by atoms with van der Waals surface area (Å²) in [6.45, 7) is -0.202. The zero-order chi connectivity index (χ0) is 21.1. The number of aryl methyl sites for hydroxylation is 1. The molecule has 1 N–H and O–H groups in total. The van der Waals surface area contributed by atoms with E-state index in [4.69, 9.17) is 4.74 Å². The molecule has 0 unspecified atom stereocenters. The molecule has 4 aromatic rings. The molecule has 0 bridgehead atoms. The van der Waals surface area contributed by atoms with Crippen LogP contribution in [0.5, 0.6) is 5.75 Å². The zero-order valence-corrected chi connectivity index (χ0v) is 16.2. The van der Waals surface area contributed by atoms with E-state index in [1.165, 1.54) is 9.13 Å². The first-order valence-electron chi connectivity index (χ1n) is 9.34. The minimum absolute atomic E-state index is 0.202. The van der Waals surface area contributed by atoms with E-state index in [0.717, 1.165) is 5.52 Å². The number of fused-ring (bicyclic) bond motifs is 1. The molecular weight excluding hydrogens is 382 g/mol. The van der Waals surface area contributed by atoms with Crippen LogP contribution in [0.2, 0.25) is 0 Å². The molecule has 0 atom stereocenters. The molecule has 3 aromatic carbocycles. The maximum atomic E-state index is 12.4. The molecule has 150 valence electrons. The molecule has 0 aliphatic rings. The van der Waals surface area contributed by atoms with Crippen molar-refractivity contribution in [2.24, 2.45) is 7.05 Å². The summed E-state index contributed by atoms with van der Waals surface area (Å²) in [6.07, 6.45) is 0. The second-order valence-corrected chi connectivity index (χ2v) is 6.74. The Morgan fingerprint density at radius 3 is 2.20 bits per heavy atom. The van der Waals surface area contributed by atoms with Crippen molar-refractivity contribution in [2.45, 2.75) is 6.54 Å². The van der Waals surface area contributed by atoms with Gasteiger partial charge in [0, 0.05) is 18.3 Å². The lowest BCUT2D eigenvalue weighted by Gasteiger charge is -2.08. The standard InChI is InChI=1S/C23H19N3O4/c1-25-19-9-5-6-10-20(19)26(23(25)29)15-21(27)30-18-13-11-17(12-14-18)24-22(28)16-7-3-2-4-8-16/h2-14H,15H2,1H3,(H,24,28). The Morgan fingerprint density at radius 1 is 0.867 bits per heavy atom. The maximum absolute atomic E-state index is 12.4. The number of rotatable bonds is 5. The number of nitrogens with zero attached hydrogens (tertiary/aromatic N) is 2. The number of ether oxygens (including phenoxy) is 1. The number of benzene rings is 3. The number of carbonyl (C=O) groups is 2. The Balaban J connectivity index is 1.43. The summed E-state index contributed by atoms with van der Waals surface area (Å²) in [7, 11) is 1.66. The van der Waals surface area contributed by atoms with Crippen LogP contribution >= 0.6 is 0 Å². The van der Waals surface area contributed by atoms with Crippen LogP contribution in [0.1, 0.15) is 10.4 Å². The smallest absolute Gasteiger partial charge is 0.331 e. The molecule has 0 saturated heterocycles. The normalized spacial score (nSPS) is 10.7. The van der Waals surface area contributed by atoms with Crippen LogP contribution in [0, 0.1) is 0 Å². The molecule has 1 heterocycles. The van der Waals surface area contributed by atoms with Gasteiger partial charge < -0.3 is 10.1 Å². The Kier molecular flexibility index (Phi) is 5.17. The van der Waals surface area contributed by atoms with Crippen molar-refractivity contribution in [3.8, 4) is 5.75 Å². The zero-order valence-electron chi connectivity index (χ0n) is 16.2. The fraction of sp³-hybridized carbons (Fsp3) is 0.0870. The average molecular weight is 401 g/mol. The lowest BCUT2D eigenvalue weighted by atomic mass is 10.2. The summed E-state index contributed by atoms with van der Waals surface area (Å²) in [5.74, 6) is -0.462. The number of esters is 1. The molecular formula is C23H19N3O4. The fourth-order valence-corrected chi connectivity index (χ4v) is 3.21. The Morgan fingerprint density at radius 2 is 1.50 bits per heavy atom. The number of anilines is 1. The third-order valence-corrected chi connectivity index (χ3v) is 4.72. The highest BCUT2D eigenvalue weighted by atomic mass is 16.5. The number of aromatic nitrogens is 2. The molecule has 1 aromatic heterocycles. The van der Waals surface area contributed by atoms with Crippen LogP contribution in [0.25, 0.3) is 11.0 Å². The van der Waals surface area contributed by atoms with Crippen LogP contribution < -0.4 is 15.7 Å².